The van der Waals surface area contributed by atoms with Gasteiger partial charge in [-0.3, -0.25) is 9.89 Å². The number of aromatic nitrogens is 2. The van der Waals surface area contributed by atoms with E-state index in [1.54, 1.807) is 0 Å². The second-order valence-corrected chi connectivity index (χ2v) is 6.02. The number of H-pyrrole nitrogens is 1. The average molecular weight is 297 g/mol. The Hall–Kier alpha value is -2.14. The highest BCUT2D eigenvalue weighted by molar-refractivity contribution is 5.83. The monoisotopic (exact) mass is 297 g/mol. The maximum Gasteiger partial charge on any atom is 0.254 e. The van der Waals surface area contributed by atoms with Gasteiger partial charge < -0.3 is 9.64 Å². The number of amides is 1. The highest BCUT2D eigenvalue weighted by Gasteiger charge is 2.37. The Morgan fingerprint density at radius 1 is 1.32 bits per heavy atom. The lowest BCUT2D eigenvalue weighted by molar-refractivity contribution is -0.133. The van der Waals surface area contributed by atoms with Crippen LogP contribution in [-0.4, -0.2) is 46.8 Å². The number of nitrogens with zero attached hydrogens (tertiary/aromatic N) is 2. The molecule has 1 aromatic heterocycles. The number of carbonyl (C=O) groups excluding carboxylic acids is 1. The van der Waals surface area contributed by atoms with Crippen molar-refractivity contribution in [3.05, 3.63) is 42.1 Å². The lowest BCUT2D eigenvalue weighted by atomic mass is 9.94. The van der Waals surface area contributed by atoms with Crippen molar-refractivity contribution in [3.63, 3.8) is 0 Å². The molecule has 1 N–H and O–H groups in total. The third-order valence-electron chi connectivity index (χ3n) is 4.45. The zero-order chi connectivity index (χ0) is 14.9. The first-order valence-electron chi connectivity index (χ1n) is 7.82. The van der Waals surface area contributed by atoms with Crippen LogP contribution in [0.5, 0.6) is 0 Å². The summed E-state index contributed by atoms with van der Waals surface area (Å²) in [7, 11) is 0. The van der Waals surface area contributed by atoms with Gasteiger partial charge in [0, 0.05) is 30.3 Å². The number of piperidine rings is 1. The molecule has 2 fully saturated rings. The van der Waals surface area contributed by atoms with E-state index in [4.69, 9.17) is 4.74 Å². The summed E-state index contributed by atoms with van der Waals surface area (Å²) in [6.45, 7) is 2.19. The Bertz CT molecular complexity index is 664. The Labute approximate surface area is 129 Å². The molecule has 5 heteroatoms. The Morgan fingerprint density at radius 2 is 2.14 bits per heavy atom. The summed E-state index contributed by atoms with van der Waals surface area (Å²) < 4.78 is 5.12. The molecule has 114 valence electrons. The van der Waals surface area contributed by atoms with Crippen LogP contribution in [0.1, 0.15) is 24.5 Å². The lowest BCUT2D eigenvalue weighted by Gasteiger charge is -2.31. The van der Waals surface area contributed by atoms with Gasteiger partial charge in [-0.2, -0.15) is 5.10 Å². The predicted octanol–water partition coefficient (Wildman–Crippen LogP) is 2.18. The smallest absolute Gasteiger partial charge is 0.254 e. The summed E-state index contributed by atoms with van der Waals surface area (Å²) in [4.78, 5) is 14.1. The molecule has 1 amide bonds. The van der Waals surface area contributed by atoms with Gasteiger partial charge in [0.1, 0.15) is 0 Å². The molecule has 2 aromatic rings. The summed E-state index contributed by atoms with van der Waals surface area (Å²) in [5.41, 5.74) is 3.19. The molecule has 2 aliphatic heterocycles. The fourth-order valence-corrected chi connectivity index (χ4v) is 3.13. The van der Waals surface area contributed by atoms with Crippen LogP contribution in [0.15, 0.2) is 36.4 Å². The van der Waals surface area contributed by atoms with Crippen molar-refractivity contribution in [2.45, 2.75) is 24.9 Å². The molecule has 0 spiro atoms. The standard InChI is InChI=1S/C17H19N3O2/c21-17(16-11-22-16)20-8-4-7-13(10-20)15-9-14(18-19-15)12-5-2-1-3-6-12/h1-3,5-6,9,13,16H,4,7-8,10-11H2,(H,18,19). The van der Waals surface area contributed by atoms with Crippen LogP contribution in [0, 0.1) is 0 Å². The summed E-state index contributed by atoms with van der Waals surface area (Å²) in [6.07, 6.45) is 1.94. The van der Waals surface area contributed by atoms with Gasteiger partial charge in [-0.1, -0.05) is 30.3 Å². The molecule has 5 nitrogen and oxygen atoms in total. The van der Waals surface area contributed by atoms with E-state index in [2.05, 4.69) is 28.4 Å². The van der Waals surface area contributed by atoms with Crippen molar-refractivity contribution in [3.8, 4) is 11.3 Å². The quantitative estimate of drug-likeness (QED) is 0.883. The van der Waals surface area contributed by atoms with Crippen molar-refractivity contribution < 1.29 is 9.53 Å². The normalized spacial score (nSPS) is 24.3. The molecule has 2 aliphatic rings. The van der Waals surface area contributed by atoms with E-state index < -0.39 is 0 Å². The van der Waals surface area contributed by atoms with Crippen LogP contribution < -0.4 is 0 Å². The highest BCUT2D eigenvalue weighted by Crippen LogP contribution is 2.29. The lowest BCUT2D eigenvalue weighted by Crippen LogP contribution is -2.41. The summed E-state index contributed by atoms with van der Waals surface area (Å²) in [5.74, 6) is 0.480. The van der Waals surface area contributed by atoms with Crippen molar-refractivity contribution in [2.75, 3.05) is 19.7 Å². The number of epoxide rings is 1. The van der Waals surface area contributed by atoms with Gasteiger partial charge in [0.15, 0.2) is 6.10 Å². The van der Waals surface area contributed by atoms with Gasteiger partial charge in [-0.05, 0) is 18.9 Å². The zero-order valence-electron chi connectivity index (χ0n) is 12.4. The summed E-state index contributed by atoms with van der Waals surface area (Å²) >= 11 is 0. The van der Waals surface area contributed by atoms with E-state index in [1.165, 1.54) is 0 Å². The van der Waals surface area contributed by atoms with E-state index in [-0.39, 0.29) is 12.0 Å². The number of nitrogens with one attached hydrogen (secondary N) is 1. The maximum absolute atomic E-state index is 12.1. The molecule has 2 saturated heterocycles. The van der Waals surface area contributed by atoms with Gasteiger partial charge in [-0.25, -0.2) is 0 Å². The zero-order valence-corrected chi connectivity index (χ0v) is 12.4. The van der Waals surface area contributed by atoms with Crippen LogP contribution in [0.2, 0.25) is 0 Å². The Morgan fingerprint density at radius 3 is 2.91 bits per heavy atom. The number of hydrogen-bond acceptors (Lipinski definition) is 3. The predicted molar refractivity (Wildman–Crippen MR) is 82.3 cm³/mol. The van der Waals surface area contributed by atoms with Gasteiger partial charge in [0.25, 0.3) is 5.91 Å². The molecule has 22 heavy (non-hydrogen) atoms. The van der Waals surface area contributed by atoms with E-state index in [1.807, 2.05) is 23.1 Å². The number of ether oxygens (including phenoxy) is 1. The molecule has 0 bridgehead atoms. The van der Waals surface area contributed by atoms with Gasteiger partial charge in [0.2, 0.25) is 0 Å². The molecule has 3 heterocycles. The highest BCUT2D eigenvalue weighted by atomic mass is 16.6. The first-order chi connectivity index (χ1) is 10.8. The molecule has 1 aromatic carbocycles. The fourth-order valence-electron chi connectivity index (χ4n) is 3.13. The van der Waals surface area contributed by atoms with Crippen LogP contribution in [0.3, 0.4) is 0 Å². The molecule has 2 atom stereocenters. The Kier molecular flexibility index (Phi) is 3.42. The van der Waals surface area contributed by atoms with E-state index in [0.29, 0.717) is 12.5 Å². The SMILES string of the molecule is O=C(C1CO1)N1CCCC(c2cc(-c3ccccc3)n[nH]2)C1. The number of hydrogen-bond donors (Lipinski definition) is 1. The van der Waals surface area contributed by atoms with E-state index in [0.717, 1.165) is 42.9 Å². The first kappa shape index (κ1) is 13.5. The molecular weight excluding hydrogens is 278 g/mol. The topological polar surface area (TPSA) is 61.5 Å². The van der Waals surface area contributed by atoms with Crippen LogP contribution >= 0.6 is 0 Å². The summed E-state index contributed by atoms with van der Waals surface area (Å²) in [6, 6.07) is 12.3. The Balaban J connectivity index is 1.49. The average Bonchev–Trinajstić information content (AvgIpc) is 3.31. The van der Waals surface area contributed by atoms with Crippen LogP contribution in [-0.2, 0) is 9.53 Å². The minimum absolute atomic E-state index is 0.146. The van der Waals surface area contributed by atoms with Crippen molar-refractivity contribution in [1.82, 2.24) is 15.1 Å². The number of aromatic amines is 1. The van der Waals surface area contributed by atoms with Crippen molar-refractivity contribution in [2.24, 2.45) is 0 Å². The number of carbonyl (C=O) groups is 1. The van der Waals surface area contributed by atoms with Crippen LogP contribution in [0.4, 0.5) is 0 Å². The van der Waals surface area contributed by atoms with E-state index in [9.17, 15) is 4.79 Å². The fraction of sp³-hybridized carbons (Fsp3) is 0.412. The third-order valence-corrected chi connectivity index (χ3v) is 4.45. The van der Waals surface area contributed by atoms with Crippen molar-refractivity contribution >= 4 is 5.91 Å². The largest absolute Gasteiger partial charge is 0.363 e. The first-order valence-corrected chi connectivity index (χ1v) is 7.82. The van der Waals surface area contributed by atoms with Gasteiger partial charge in [0.05, 0.1) is 12.3 Å². The second-order valence-electron chi connectivity index (χ2n) is 6.02. The van der Waals surface area contributed by atoms with Crippen molar-refractivity contribution in [1.29, 1.82) is 0 Å². The second kappa shape index (κ2) is 5.57. The minimum Gasteiger partial charge on any atom is -0.363 e. The molecule has 0 aliphatic carbocycles. The molecular formula is C17H19N3O2. The molecule has 0 saturated carbocycles. The third kappa shape index (κ3) is 2.64. The van der Waals surface area contributed by atoms with Crippen LogP contribution in [0.25, 0.3) is 11.3 Å². The number of rotatable bonds is 3. The maximum atomic E-state index is 12.1. The van der Waals surface area contributed by atoms with Gasteiger partial charge >= 0.3 is 0 Å². The number of benzene rings is 1. The summed E-state index contributed by atoms with van der Waals surface area (Å²) in [5, 5.41) is 7.58. The molecule has 4 rings (SSSR count). The molecule has 0 radical (unpaired) electrons. The van der Waals surface area contributed by atoms with E-state index >= 15 is 0 Å². The minimum atomic E-state index is -0.180. The van der Waals surface area contributed by atoms with Gasteiger partial charge in [-0.15, -0.1) is 0 Å². The molecule has 2 unspecified atom stereocenters. The number of likely N-dealkylation sites (tertiary alicyclic amines) is 1.